The highest BCUT2D eigenvalue weighted by molar-refractivity contribution is 5.99. The molecular formula is C17H22FN3O3. The third-order valence-electron chi connectivity index (χ3n) is 4.72. The van der Waals surface area contributed by atoms with E-state index < -0.39 is 0 Å². The molecule has 2 aliphatic heterocycles. The molecule has 2 heterocycles. The lowest BCUT2D eigenvalue weighted by atomic mass is 10.2. The van der Waals surface area contributed by atoms with Crippen LogP contribution in [-0.2, 0) is 9.53 Å². The highest BCUT2D eigenvalue weighted by Gasteiger charge is 2.38. The Morgan fingerprint density at radius 2 is 1.96 bits per heavy atom. The van der Waals surface area contributed by atoms with Crippen LogP contribution in [-0.4, -0.2) is 67.7 Å². The largest absolute Gasteiger partial charge is 0.453 e. The first-order valence-electron chi connectivity index (χ1n) is 8.24. The minimum atomic E-state index is -0.376. The van der Waals surface area contributed by atoms with E-state index in [4.69, 9.17) is 4.74 Å². The van der Waals surface area contributed by atoms with Crippen LogP contribution in [0.2, 0.25) is 0 Å². The van der Waals surface area contributed by atoms with Gasteiger partial charge in [0, 0.05) is 32.7 Å². The van der Waals surface area contributed by atoms with E-state index in [2.05, 4.69) is 4.90 Å². The minimum absolute atomic E-state index is 0.0633. The fourth-order valence-corrected chi connectivity index (χ4v) is 3.47. The van der Waals surface area contributed by atoms with Gasteiger partial charge in [0.05, 0.1) is 18.8 Å². The molecule has 2 aliphatic rings. The SMILES string of the molecule is COC(=O)N1CCCN([C@@H]2CCN(c3ccccc3F)C2=O)CC1. The van der Waals surface area contributed by atoms with Gasteiger partial charge in [-0.1, -0.05) is 12.1 Å². The minimum Gasteiger partial charge on any atom is -0.453 e. The lowest BCUT2D eigenvalue weighted by molar-refractivity contribution is -0.121. The van der Waals surface area contributed by atoms with Gasteiger partial charge in [0.2, 0.25) is 5.91 Å². The van der Waals surface area contributed by atoms with Crippen molar-refractivity contribution < 1.29 is 18.7 Å². The Hall–Kier alpha value is -2.15. The molecule has 1 aromatic carbocycles. The maximum Gasteiger partial charge on any atom is 0.409 e. The van der Waals surface area contributed by atoms with Crippen LogP contribution in [0, 0.1) is 5.82 Å². The van der Waals surface area contributed by atoms with Crippen LogP contribution in [0.25, 0.3) is 0 Å². The molecular weight excluding hydrogens is 313 g/mol. The topological polar surface area (TPSA) is 53.1 Å². The lowest BCUT2D eigenvalue weighted by Gasteiger charge is -2.26. The lowest BCUT2D eigenvalue weighted by Crippen LogP contribution is -2.44. The van der Waals surface area contributed by atoms with Gasteiger partial charge in [0.25, 0.3) is 0 Å². The fourth-order valence-electron chi connectivity index (χ4n) is 3.47. The Morgan fingerprint density at radius 3 is 2.71 bits per heavy atom. The standard InChI is InChI=1S/C17H22FN3O3/c1-24-17(23)20-9-4-8-19(11-12-20)15-7-10-21(16(15)22)14-6-3-2-5-13(14)18/h2-3,5-6,15H,4,7-12H2,1H3/t15-/m1/s1. The molecule has 6 nitrogen and oxygen atoms in total. The number of benzene rings is 1. The Labute approximate surface area is 140 Å². The molecule has 0 spiro atoms. The smallest absolute Gasteiger partial charge is 0.409 e. The third-order valence-corrected chi connectivity index (χ3v) is 4.72. The molecule has 7 heteroatoms. The molecule has 0 aromatic heterocycles. The summed E-state index contributed by atoms with van der Waals surface area (Å²) in [5.74, 6) is -0.439. The van der Waals surface area contributed by atoms with Gasteiger partial charge in [-0.3, -0.25) is 9.69 Å². The van der Waals surface area contributed by atoms with Crippen LogP contribution in [0.15, 0.2) is 24.3 Å². The van der Waals surface area contributed by atoms with Crippen molar-refractivity contribution in [2.45, 2.75) is 18.9 Å². The van der Waals surface area contributed by atoms with Crippen molar-refractivity contribution in [1.82, 2.24) is 9.80 Å². The summed E-state index contributed by atoms with van der Waals surface area (Å²) in [6.45, 7) is 3.05. The zero-order valence-electron chi connectivity index (χ0n) is 13.8. The van der Waals surface area contributed by atoms with E-state index in [-0.39, 0.29) is 23.9 Å². The first-order valence-corrected chi connectivity index (χ1v) is 8.24. The molecule has 3 rings (SSSR count). The number of para-hydroxylation sites is 1. The van der Waals surface area contributed by atoms with E-state index >= 15 is 0 Å². The van der Waals surface area contributed by atoms with Crippen LogP contribution < -0.4 is 4.90 Å². The molecule has 0 saturated carbocycles. The van der Waals surface area contributed by atoms with Crippen molar-refractivity contribution in [1.29, 1.82) is 0 Å². The summed E-state index contributed by atoms with van der Waals surface area (Å²) < 4.78 is 18.7. The van der Waals surface area contributed by atoms with Gasteiger partial charge in [-0.2, -0.15) is 0 Å². The number of hydrogen-bond donors (Lipinski definition) is 0. The molecule has 1 aromatic rings. The maximum atomic E-state index is 14.0. The second kappa shape index (κ2) is 7.17. The first-order chi connectivity index (χ1) is 11.6. The second-order valence-electron chi connectivity index (χ2n) is 6.09. The normalized spacial score (nSPS) is 22.6. The molecule has 0 N–H and O–H groups in total. The van der Waals surface area contributed by atoms with Gasteiger partial charge < -0.3 is 14.5 Å². The van der Waals surface area contributed by atoms with Gasteiger partial charge in [-0.15, -0.1) is 0 Å². The molecule has 130 valence electrons. The van der Waals surface area contributed by atoms with Crippen LogP contribution in [0.1, 0.15) is 12.8 Å². The Morgan fingerprint density at radius 1 is 1.17 bits per heavy atom. The quantitative estimate of drug-likeness (QED) is 0.826. The highest BCUT2D eigenvalue weighted by Crippen LogP contribution is 2.27. The summed E-state index contributed by atoms with van der Waals surface area (Å²) in [7, 11) is 1.37. The van der Waals surface area contributed by atoms with Crippen LogP contribution >= 0.6 is 0 Å². The molecule has 2 saturated heterocycles. The molecule has 2 fully saturated rings. The van der Waals surface area contributed by atoms with Gasteiger partial charge in [0.15, 0.2) is 0 Å². The van der Waals surface area contributed by atoms with Crippen molar-refractivity contribution in [2.24, 2.45) is 0 Å². The average molecular weight is 335 g/mol. The van der Waals surface area contributed by atoms with E-state index in [0.717, 1.165) is 13.0 Å². The highest BCUT2D eigenvalue weighted by atomic mass is 19.1. The summed E-state index contributed by atoms with van der Waals surface area (Å²) in [6, 6.07) is 6.11. The number of methoxy groups -OCH3 is 1. The van der Waals surface area contributed by atoms with E-state index in [1.165, 1.54) is 18.1 Å². The summed E-state index contributed by atoms with van der Waals surface area (Å²) in [6.07, 6.45) is 1.13. The third kappa shape index (κ3) is 3.21. The zero-order chi connectivity index (χ0) is 17.1. The van der Waals surface area contributed by atoms with Crippen molar-refractivity contribution >= 4 is 17.7 Å². The number of hydrogen-bond acceptors (Lipinski definition) is 4. The number of ether oxygens (including phenoxy) is 1. The zero-order valence-corrected chi connectivity index (χ0v) is 13.8. The molecule has 1 atom stereocenters. The Balaban J connectivity index is 1.67. The van der Waals surface area contributed by atoms with E-state index in [0.29, 0.717) is 38.3 Å². The number of amides is 2. The summed E-state index contributed by atoms with van der Waals surface area (Å²) in [5, 5.41) is 0. The number of carbonyl (C=O) groups excluding carboxylic acids is 2. The molecule has 0 aliphatic carbocycles. The molecule has 2 amide bonds. The summed E-state index contributed by atoms with van der Waals surface area (Å²) >= 11 is 0. The number of nitrogens with zero attached hydrogens (tertiary/aromatic N) is 3. The van der Waals surface area contributed by atoms with Crippen molar-refractivity contribution in [2.75, 3.05) is 44.7 Å². The number of anilines is 1. The van der Waals surface area contributed by atoms with Gasteiger partial charge >= 0.3 is 6.09 Å². The number of carbonyl (C=O) groups is 2. The predicted molar refractivity (Wildman–Crippen MR) is 87.3 cm³/mol. The van der Waals surface area contributed by atoms with Crippen molar-refractivity contribution in [3.8, 4) is 0 Å². The van der Waals surface area contributed by atoms with E-state index in [9.17, 15) is 14.0 Å². The van der Waals surface area contributed by atoms with Crippen molar-refractivity contribution in [3.63, 3.8) is 0 Å². The van der Waals surface area contributed by atoms with E-state index in [1.807, 2.05) is 0 Å². The second-order valence-corrected chi connectivity index (χ2v) is 6.09. The maximum absolute atomic E-state index is 14.0. The first kappa shape index (κ1) is 16.7. The van der Waals surface area contributed by atoms with Gasteiger partial charge in [-0.05, 0) is 25.0 Å². The average Bonchev–Trinajstić information content (AvgIpc) is 2.82. The molecule has 0 bridgehead atoms. The van der Waals surface area contributed by atoms with Crippen LogP contribution in [0.3, 0.4) is 0 Å². The van der Waals surface area contributed by atoms with Gasteiger partial charge in [0.1, 0.15) is 5.82 Å². The predicted octanol–water partition coefficient (Wildman–Crippen LogP) is 1.71. The number of rotatable bonds is 2. The molecule has 24 heavy (non-hydrogen) atoms. The molecule has 0 radical (unpaired) electrons. The fraction of sp³-hybridized carbons (Fsp3) is 0.529. The van der Waals surface area contributed by atoms with E-state index in [1.54, 1.807) is 23.1 Å². The number of halogens is 1. The summed E-state index contributed by atoms with van der Waals surface area (Å²) in [5.41, 5.74) is 0.344. The Bertz CT molecular complexity index is 625. The monoisotopic (exact) mass is 335 g/mol. The van der Waals surface area contributed by atoms with Gasteiger partial charge in [-0.25, -0.2) is 9.18 Å². The Kier molecular flexibility index (Phi) is 4.99. The summed E-state index contributed by atoms with van der Waals surface area (Å²) in [4.78, 5) is 29.7. The van der Waals surface area contributed by atoms with Crippen LogP contribution in [0.4, 0.5) is 14.9 Å². The van der Waals surface area contributed by atoms with Crippen molar-refractivity contribution in [3.05, 3.63) is 30.1 Å². The van der Waals surface area contributed by atoms with Crippen LogP contribution in [0.5, 0.6) is 0 Å². The molecule has 0 unspecified atom stereocenters.